The van der Waals surface area contributed by atoms with E-state index in [0.29, 0.717) is 17.9 Å². The van der Waals surface area contributed by atoms with E-state index in [9.17, 15) is 13.2 Å². The molecule has 2 heterocycles. The zero-order valence-corrected chi connectivity index (χ0v) is 15.6. The molecule has 1 fully saturated rings. The average molecular weight is 389 g/mol. The lowest BCUT2D eigenvalue weighted by Gasteiger charge is -2.33. The van der Waals surface area contributed by atoms with Crippen LogP contribution in [0.15, 0.2) is 47.4 Å². The number of nitrogens with zero attached hydrogens (tertiary/aromatic N) is 1. The highest BCUT2D eigenvalue weighted by molar-refractivity contribution is 7.89. The van der Waals surface area contributed by atoms with Crippen LogP contribution in [0.1, 0.15) is 17.5 Å². The third kappa shape index (κ3) is 3.50. The van der Waals surface area contributed by atoms with Gasteiger partial charge in [-0.05, 0) is 43.2 Å². The molecule has 1 saturated heterocycles. The number of hydrogen-bond acceptors (Lipinski definition) is 6. The van der Waals surface area contributed by atoms with Gasteiger partial charge in [0.05, 0.1) is 11.3 Å². The molecule has 7 nitrogen and oxygen atoms in total. The Balaban J connectivity index is 1.62. The molecule has 27 heavy (non-hydrogen) atoms. The lowest BCUT2D eigenvalue weighted by molar-refractivity contribution is -0.154. The molecular weight excluding hydrogens is 370 g/mol. The summed E-state index contributed by atoms with van der Waals surface area (Å²) in [7, 11) is -3.78. The van der Waals surface area contributed by atoms with Crippen molar-refractivity contribution in [3.63, 3.8) is 0 Å². The second-order valence-electron chi connectivity index (χ2n) is 6.60. The van der Waals surface area contributed by atoms with E-state index >= 15 is 0 Å². The van der Waals surface area contributed by atoms with Crippen molar-refractivity contribution in [1.29, 1.82) is 0 Å². The topological polar surface area (TPSA) is 82.1 Å². The summed E-state index contributed by atoms with van der Waals surface area (Å²) in [5, 5.41) is 0. The van der Waals surface area contributed by atoms with Crippen LogP contribution in [0.25, 0.3) is 0 Å². The fourth-order valence-corrected chi connectivity index (χ4v) is 4.70. The first kappa shape index (κ1) is 17.8. The van der Waals surface area contributed by atoms with Gasteiger partial charge in [0.2, 0.25) is 16.8 Å². The number of sulfonamides is 1. The molecule has 2 aliphatic heterocycles. The van der Waals surface area contributed by atoms with Crippen molar-refractivity contribution in [3.8, 4) is 11.5 Å². The van der Waals surface area contributed by atoms with Gasteiger partial charge in [-0.3, -0.25) is 4.79 Å². The van der Waals surface area contributed by atoms with Crippen molar-refractivity contribution in [2.45, 2.75) is 30.7 Å². The first-order valence-corrected chi connectivity index (χ1v) is 10.0. The Kier molecular flexibility index (Phi) is 4.53. The number of hydrogen-bond donors (Lipinski definition) is 0. The van der Waals surface area contributed by atoms with Gasteiger partial charge in [0, 0.05) is 6.04 Å². The van der Waals surface area contributed by atoms with E-state index in [0.717, 1.165) is 11.1 Å². The number of benzene rings is 2. The molecule has 0 radical (unpaired) electrons. The smallest absolute Gasteiger partial charge is 0.308 e. The van der Waals surface area contributed by atoms with Gasteiger partial charge in [-0.25, -0.2) is 8.42 Å². The zero-order valence-electron chi connectivity index (χ0n) is 14.8. The van der Waals surface area contributed by atoms with Crippen molar-refractivity contribution in [2.75, 3.05) is 13.5 Å². The minimum absolute atomic E-state index is 0.000463. The van der Waals surface area contributed by atoms with E-state index in [4.69, 9.17) is 14.2 Å². The summed E-state index contributed by atoms with van der Waals surface area (Å²) in [5.74, 6) is 0.876. The van der Waals surface area contributed by atoms with Gasteiger partial charge in [0.25, 0.3) is 0 Å². The summed E-state index contributed by atoms with van der Waals surface area (Å²) < 4.78 is 43.1. The summed E-state index contributed by atoms with van der Waals surface area (Å²) in [5.41, 5.74) is 1.83. The predicted octanol–water partition coefficient (Wildman–Crippen LogP) is 2.23. The molecule has 0 aliphatic carbocycles. The molecule has 0 saturated carbocycles. The highest BCUT2D eigenvalue weighted by Gasteiger charge is 2.37. The molecule has 2 aliphatic rings. The molecule has 8 heteroatoms. The Morgan fingerprint density at radius 1 is 1.04 bits per heavy atom. The Bertz CT molecular complexity index is 970. The van der Waals surface area contributed by atoms with Gasteiger partial charge < -0.3 is 14.2 Å². The number of ether oxygens (including phenoxy) is 3. The van der Waals surface area contributed by atoms with Crippen molar-refractivity contribution in [3.05, 3.63) is 53.6 Å². The molecular formula is C19H19NO6S. The van der Waals surface area contributed by atoms with Crippen LogP contribution in [0.4, 0.5) is 0 Å². The highest BCUT2D eigenvalue weighted by Crippen LogP contribution is 2.34. The van der Waals surface area contributed by atoms with Gasteiger partial charge >= 0.3 is 5.97 Å². The van der Waals surface area contributed by atoms with E-state index in [1.165, 1.54) is 4.31 Å². The molecule has 0 unspecified atom stereocenters. The van der Waals surface area contributed by atoms with Crippen LogP contribution in [0.2, 0.25) is 0 Å². The van der Waals surface area contributed by atoms with E-state index < -0.39 is 22.0 Å². The number of cyclic esters (lactones) is 1. The van der Waals surface area contributed by atoms with Crippen molar-refractivity contribution >= 4 is 16.0 Å². The standard InChI is InChI=1S/C19H19NO6S/c1-13-2-5-16(6-3-13)27(22,23)20-11-24-19(21)10-15(20)8-14-4-7-17-18(9-14)26-12-25-17/h2-7,9,15H,8,10-12H2,1H3/t15-/m1/s1. The highest BCUT2D eigenvalue weighted by atomic mass is 32.2. The van der Waals surface area contributed by atoms with E-state index in [1.807, 2.05) is 19.1 Å². The van der Waals surface area contributed by atoms with Crippen LogP contribution in [0, 0.1) is 6.92 Å². The molecule has 0 bridgehead atoms. The van der Waals surface area contributed by atoms with E-state index in [2.05, 4.69) is 0 Å². The van der Waals surface area contributed by atoms with E-state index in [1.54, 1.807) is 30.3 Å². The van der Waals surface area contributed by atoms with Crippen LogP contribution in [-0.4, -0.2) is 38.3 Å². The lowest BCUT2D eigenvalue weighted by atomic mass is 10.0. The predicted molar refractivity (Wildman–Crippen MR) is 95.8 cm³/mol. The number of rotatable bonds is 4. The van der Waals surface area contributed by atoms with Gasteiger partial charge in [-0.2, -0.15) is 4.31 Å². The SMILES string of the molecule is Cc1ccc(S(=O)(=O)N2COC(=O)C[C@H]2Cc2ccc3c(c2)OCO3)cc1. The lowest BCUT2D eigenvalue weighted by Crippen LogP contribution is -2.48. The zero-order chi connectivity index (χ0) is 19.0. The molecule has 1 atom stereocenters. The first-order chi connectivity index (χ1) is 12.9. The minimum atomic E-state index is -3.78. The monoisotopic (exact) mass is 389 g/mol. The third-order valence-electron chi connectivity index (χ3n) is 4.70. The van der Waals surface area contributed by atoms with Gasteiger partial charge in [0.15, 0.2) is 18.2 Å². The van der Waals surface area contributed by atoms with Crippen molar-refractivity contribution in [2.24, 2.45) is 0 Å². The summed E-state index contributed by atoms with van der Waals surface area (Å²) in [6.45, 7) is 1.77. The third-order valence-corrected chi connectivity index (χ3v) is 6.59. The van der Waals surface area contributed by atoms with Crippen LogP contribution >= 0.6 is 0 Å². The van der Waals surface area contributed by atoms with Crippen molar-refractivity contribution < 1.29 is 27.4 Å². The number of esters is 1. The minimum Gasteiger partial charge on any atom is -0.454 e. The Morgan fingerprint density at radius 3 is 2.56 bits per heavy atom. The molecule has 0 N–H and O–H groups in total. The van der Waals surface area contributed by atoms with Crippen LogP contribution in [0.5, 0.6) is 11.5 Å². The molecule has 2 aromatic rings. The molecule has 2 aromatic carbocycles. The number of fused-ring (bicyclic) bond motifs is 1. The largest absolute Gasteiger partial charge is 0.454 e. The second kappa shape index (κ2) is 6.86. The summed E-state index contributed by atoms with van der Waals surface area (Å²) in [6, 6.07) is 11.6. The maximum atomic E-state index is 13.1. The Hall–Kier alpha value is -2.58. The summed E-state index contributed by atoms with van der Waals surface area (Å²) in [6.07, 6.45) is 0.371. The molecule has 4 rings (SSSR count). The molecule has 0 aromatic heterocycles. The van der Waals surface area contributed by atoms with Gasteiger partial charge in [-0.15, -0.1) is 0 Å². The van der Waals surface area contributed by atoms with E-state index in [-0.39, 0.29) is 24.8 Å². The fraction of sp³-hybridized carbons (Fsp3) is 0.316. The van der Waals surface area contributed by atoms with Crippen LogP contribution in [0.3, 0.4) is 0 Å². The first-order valence-electron chi connectivity index (χ1n) is 8.56. The average Bonchev–Trinajstić information content (AvgIpc) is 3.10. The second-order valence-corrected chi connectivity index (χ2v) is 8.49. The number of carbonyl (C=O) groups is 1. The summed E-state index contributed by atoms with van der Waals surface area (Å²) in [4.78, 5) is 12.0. The quantitative estimate of drug-likeness (QED) is 0.746. The summed E-state index contributed by atoms with van der Waals surface area (Å²) >= 11 is 0. The maximum absolute atomic E-state index is 13.1. The molecule has 0 spiro atoms. The Labute approximate surface area is 157 Å². The normalized spacial score (nSPS) is 19.7. The number of carbonyl (C=O) groups excluding carboxylic acids is 1. The van der Waals surface area contributed by atoms with Gasteiger partial charge in [0.1, 0.15) is 0 Å². The van der Waals surface area contributed by atoms with Crippen molar-refractivity contribution in [1.82, 2.24) is 4.31 Å². The van der Waals surface area contributed by atoms with Crippen LogP contribution in [-0.2, 0) is 26.0 Å². The van der Waals surface area contributed by atoms with Crippen LogP contribution < -0.4 is 9.47 Å². The molecule has 0 amide bonds. The maximum Gasteiger partial charge on any atom is 0.308 e. The van der Waals surface area contributed by atoms with Gasteiger partial charge in [-0.1, -0.05) is 23.8 Å². The molecule has 142 valence electrons. The number of aryl methyl sites for hydroxylation is 1. The Morgan fingerprint density at radius 2 is 1.78 bits per heavy atom. The fourth-order valence-electron chi connectivity index (χ4n) is 3.22.